The van der Waals surface area contributed by atoms with Gasteiger partial charge in [0.25, 0.3) is 0 Å². The normalized spacial score (nSPS) is 13.8. The van der Waals surface area contributed by atoms with Gasteiger partial charge >= 0.3 is 0 Å². The van der Waals surface area contributed by atoms with E-state index in [0.717, 1.165) is 4.90 Å². The van der Waals surface area contributed by atoms with E-state index < -0.39 is 0 Å². The van der Waals surface area contributed by atoms with Crippen LogP contribution in [-0.4, -0.2) is 45.0 Å². The zero-order valence-corrected chi connectivity index (χ0v) is 16.9. The average Bonchev–Trinajstić information content (AvgIpc) is 2.94. The molecule has 1 aliphatic rings. The minimum atomic E-state index is -0.256. The smallest absolute Gasteiger partial charge is 0.248 e. The molecule has 1 aromatic rings. The van der Waals surface area contributed by atoms with Gasteiger partial charge in [0.05, 0.1) is 11.5 Å². The van der Waals surface area contributed by atoms with Gasteiger partial charge in [0.15, 0.2) is 0 Å². The molecular weight excluding hydrogens is 390 g/mol. The molecule has 0 aromatic heterocycles. The van der Waals surface area contributed by atoms with Gasteiger partial charge in [-0.15, -0.1) is 11.8 Å². The Balaban J connectivity index is 1.55. The molecule has 2 N–H and O–H groups in total. The van der Waals surface area contributed by atoms with E-state index >= 15 is 0 Å². The van der Waals surface area contributed by atoms with E-state index in [1.165, 1.54) is 29.1 Å². The summed E-state index contributed by atoms with van der Waals surface area (Å²) in [5.74, 6) is 0.168. The lowest BCUT2D eigenvalue weighted by Crippen LogP contribution is -2.42. The number of aryl methyl sites for hydroxylation is 1. The van der Waals surface area contributed by atoms with Crippen molar-refractivity contribution >= 4 is 57.8 Å². The second kappa shape index (κ2) is 10.5. The molecule has 1 heterocycles. The van der Waals surface area contributed by atoms with Crippen LogP contribution in [0.2, 0.25) is 0 Å². The number of carbonyl (C=O) groups is 3. The fraction of sp³-hybridized carbons (Fsp3) is 0.412. The van der Waals surface area contributed by atoms with Gasteiger partial charge in [0.1, 0.15) is 4.32 Å². The fourth-order valence-corrected chi connectivity index (χ4v) is 3.99. The first-order chi connectivity index (χ1) is 12.5. The summed E-state index contributed by atoms with van der Waals surface area (Å²) in [6, 6.07) is 7.90. The number of benzene rings is 1. The van der Waals surface area contributed by atoms with Crippen molar-refractivity contribution in [3.8, 4) is 0 Å². The largest absolute Gasteiger partial charge is 0.297 e. The molecule has 0 spiro atoms. The summed E-state index contributed by atoms with van der Waals surface area (Å²) in [6.45, 7) is 2.55. The van der Waals surface area contributed by atoms with Crippen LogP contribution in [0.4, 0.5) is 0 Å². The SMILES string of the molecule is Cc1ccc(SCC(=O)NNC(=O)CCCCN2C(=O)CSC2=S)cc1. The predicted octanol–water partition coefficient (Wildman–Crippen LogP) is 2.27. The van der Waals surface area contributed by atoms with Gasteiger partial charge in [-0.1, -0.05) is 41.7 Å². The number of unbranched alkanes of at least 4 members (excludes halogenated alkanes) is 1. The van der Waals surface area contributed by atoms with E-state index in [0.29, 0.717) is 29.5 Å². The second-order valence-corrected chi connectivity index (χ2v) is 8.41. The van der Waals surface area contributed by atoms with Crippen molar-refractivity contribution < 1.29 is 14.4 Å². The number of nitrogens with zero attached hydrogens (tertiary/aromatic N) is 1. The van der Waals surface area contributed by atoms with Crippen molar-refractivity contribution in [3.05, 3.63) is 29.8 Å². The number of hydrogen-bond donors (Lipinski definition) is 2. The highest BCUT2D eigenvalue weighted by Crippen LogP contribution is 2.20. The van der Waals surface area contributed by atoms with Crippen LogP contribution in [0.5, 0.6) is 0 Å². The van der Waals surface area contributed by atoms with Gasteiger partial charge in [0, 0.05) is 17.9 Å². The third-order valence-corrected chi connectivity index (χ3v) is 6.05. The van der Waals surface area contributed by atoms with E-state index in [1.807, 2.05) is 31.2 Å². The quantitative estimate of drug-likeness (QED) is 0.296. The standard InChI is InChI=1S/C17H21N3O3S3/c1-12-5-7-13(8-6-12)25-10-15(22)19-18-14(21)4-2-3-9-20-16(23)11-26-17(20)24/h5-8H,2-4,9-11H2,1H3,(H,18,21)(H,19,22). The van der Waals surface area contributed by atoms with E-state index in [2.05, 4.69) is 10.9 Å². The Morgan fingerprint density at radius 3 is 2.54 bits per heavy atom. The molecule has 1 saturated heterocycles. The maximum Gasteiger partial charge on any atom is 0.248 e. The van der Waals surface area contributed by atoms with E-state index in [4.69, 9.17) is 12.2 Å². The zero-order chi connectivity index (χ0) is 18.9. The van der Waals surface area contributed by atoms with Crippen molar-refractivity contribution in [2.75, 3.05) is 18.1 Å². The number of thiocarbonyl (C=S) groups is 1. The average molecular weight is 412 g/mol. The van der Waals surface area contributed by atoms with E-state index in [1.54, 1.807) is 4.90 Å². The zero-order valence-electron chi connectivity index (χ0n) is 14.4. The van der Waals surface area contributed by atoms with Crippen LogP contribution in [0.1, 0.15) is 24.8 Å². The number of amides is 3. The number of thioether (sulfide) groups is 2. The lowest BCUT2D eigenvalue weighted by molar-refractivity contribution is -0.127. The molecule has 0 aliphatic carbocycles. The molecule has 0 bridgehead atoms. The van der Waals surface area contributed by atoms with Gasteiger partial charge in [-0.05, 0) is 31.9 Å². The molecule has 9 heteroatoms. The van der Waals surface area contributed by atoms with Crippen LogP contribution in [0.3, 0.4) is 0 Å². The number of carbonyl (C=O) groups excluding carboxylic acids is 3. The maximum absolute atomic E-state index is 11.8. The van der Waals surface area contributed by atoms with Crippen LogP contribution < -0.4 is 10.9 Å². The number of nitrogens with one attached hydrogen (secondary N) is 2. The predicted molar refractivity (Wildman–Crippen MR) is 109 cm³/mol. The highest BCUT2D eigenvalue weighted by atomic mass is 32.2. The van der Waals surface area contributed by atoms with Crippen molar-refractivity contribution in [3.63, 3.8) is 0 Å². The summed E-state index contributed by atoms with van der Waals surface area (Å²) in [6.07, 6.45) is 1.60. The fourth-order valence-electron chi connectivity index (χ4n) is 2.17. The van der Waals surface area contributed by atoms with Crippen LogP contribution in [-0.2, 0) is 14.4 Å². The van der Waals surface area contributed by atoms with Crippen LogP contribution in [0.25, 0.3) is 0 Å². The third kappa shape index (κ3) is 6.97. The van der Waals surface area contributed by atoms with Crippen molar-refractivity contribution in [1.82, 2.24) is 15.8 Å². The minimum absolute atomic E-state index is 0.0304. The Kier molecular flexibility index (Phi) is 8.40. The summed E-state index contributed by atoms with van der Waals surface area (Å²) < 4.78 is 0.609. The number of hydrogen-bond acceptors (Lipinski definition) is 6. The van der Waals surface area contributed by atoms with Crippen molar-refractivity contribution in [1.29, 1.82) is 0 Å². The van der Waals surface area contributed by atoms with E-state index in [9.17, 15) is 14.4 Å². The molecule has 1 fully saturated rings. The Labute approximate surface area is 166 Å². The summed E-state index contributed by atoms with van der Waals surface area (Å²) in [5.41, 5.74) is 5.99. The van der Waals surface area contributed by atoms with Crippen LogP contribution >= 0.6 is 35.7 Å². The highest BCUT2D eigenvalue weighted by molar-refractivity contribution is 8.23. The lowest BCUT2D eigenvalue weighted by atomic mass is 10.2. The molecule has 1 aromatic carbocycles. The Morgan fingerprint density at radius 1 is 1.19 bits per heavy atom. The molecule has 0 saturated carbocycles. The Hall–Kier alpha value is -1.58. The summed E-state index contributed by atoms with van der Waals surface area (Å²) in [7, 11) is 0. The summed E-state index contributed by atoms with van der Waals surface area (Å²) in [5, 5.41) is 0. The van der Waals surface area contributed by atoms with Gasteiger partial charge in [-0.2, -0.15) is 0 Å². The van der Waals surface area contributed by atoms with Crippen LogP contribution in [0, 0.1) is 6.92 Å². The molecule has 6 nitrogen and oxygen atoms in total. The highest BCUT2D eigenvalue weighted by Gasteiger charge is 2.25. The Morgan fingerprint density at radius 2 is 1.88 bits per heavy atom. The first-order valence-electron chi connectivity index (χ1n) is 8.20. The molecule has 26 heavy (non-hydrogen) atoms. The third-order valence-electron chi connectivity index (χ3n) is 3.61. The first kappa shape index (κ1) is 20.7. The molecule has 3 amide bonds. The first-order valence-corrected chi connectivity index (χ1v) is 10.6. The van der Waals surface area contributed by atoms with Crippen LogP contribution in [0.15, 0.2) is 29.2 Å². The molecule has 0 radical (unpaired) electrons. The van der Waals surface area contributed by atoms with Crippen molar-refractivity contribution in [2.45, 2.75) is 31.1 Å². The van der Waals surface area contributed by atoms with Gasteiger partial charge in [0.2, 0.25) is 17.7 Å². The molecule has 1 aliphatic heterocycles. The van der Waals surface area contributed by atoms with E-state index in [-0.39, 0.29) is 29.9 Å². The topological polar surface area (TPSA) is 78.5 Å². The molecule has 0 unspecified atom stereocenters. The molecule has 140 valence electrons. The minimum Gasteiger partial charge on any atom is -0.297 e. The second-order valence-electron chi connectivity index (χ2n) is 5.76. The van der Waals surface area contributed by atoms with Crippen molar-refractivity contribution in [2.24, 2.45) is 0 Å². The van der Waals surface area contributed by atoms with Gasteiger partial charge < -0.3 is 0 Å². The molecule has 2 rings (SSSR count). The Bertz CT molecular complexity index is 664. The summed E-state index contributed by atoms with van der Waals surface area (Å²) >= 11 is 7.88. The maximum atomic E-state index is 11.8. The number of hydrazine groups is 1. The lowest BCUT2D eigenvalue weighted by Gasteiger charge is -2.14. The van der Waals surface area contributed by atoms with Gasteiger partial charge in [-0.3, -0.25) is 30.1 Å². The summed E-state index contributed by atoms with van der Waals surface area (Å²) in [4.78, 5) is 37.6. The molecular formula is C17H21N3O3S3. The number of rotatable bonds is 8. The van der Waals surface area contributed by atoms with Gasteiger partial charge in [-0.25, -0.2) is 0 Å². The molecule has 0 atom stereocenters. The monoisotopic (exact) mass is 411 g/mol.